The van der Waals surface area contributed by atoms with Crippen LogP contribution in [0.2, 0.25) is 0 Å². The number of aromatic nitrogens is 5. The molecule has 1 aromatic carbocycles. The highest BCUT2D eigenvalue weighted by molar-refractivity contribution is 9.10. The molecule has 7 nitrogen and oxygen atoms in total. The fourth-order valence-corrected chi connectivity index (χ4v) is 3.71. The van der Waals surface area contributed by atoms with Gasteiger partial charge in [0.2, 0.25) is 0 Å². The van der Waals surface area contributed by atoms with E-state index < -0.39 is 0 Å². The van der Waals surface area contributed by atoms with Crippen molar-refractivity contribution < 1.29 is 4.79 Å². The molecule has 0 atom stereocenters. The van der Waals surface area contributed by atoms with Gasteiger partial charge in [0, 0.05) is 28.2 Å². The topological polar surface area (TPSA) is 85.6 Å². The molecule has 28 heavy (non-hydrogen) atoms. The summed E-state index contributed by atoms with van der Waals surface area (Å²) in [5.41, 5.74) is 2.84. The number of halogens is 1. The number of benzene rings is 1. The summed E-state index contributed by atoms with van der Waals surface area (Å²) in [6.07, 6.45) is 7.05. The number of aryl methyl sites for hydroxylation is 1. The zero-order valence-corrected chi connectivity index (χ0v) is 17.2. The molecule has 0 spiro atoms. The molecule has 0 bridgehead atoms. The Morgan fingerprint density at radius 1 is 1.21 bits per heavy atom. The highest BCUT2D eigenvalue weighted by Gasteiger charge is 2.11. The van der Waals surface area contributed by atoms with Crippen LogP contribution in [0.15, 0.2) is 59.9 Å². The molecule has 0 aliphatic heterocycles. The maximum atomic E-state index is 12.4. The largest absolute Gasteiger partial charge is 0.298 e. The van der Waals surface area contributed by atoms with Crippen LogP contribution >= 0.6 is 27.3 Å². The Hall–Kier alpha value is -2.91. The number of thiazole rings is 1. The molecule has 0 unspecified atom stereocenters. The van der Waals surface area contributed by atoms with Gasteiger partial charge in [-0.25, -0.2) is 19.6 Å². The third-order valence-corrected chi connectivity index (χ3v) is 5.84. The summed E-state index contributed by atoms with van der Waals surface area (Å²) in [7, 11) is 0. The fourth-order valence-electron chi connectivity index (χ4n) is 2.62. The predicted octanol–water partition coefficient (Wildman–Crippen LogP) is 4.03. The Morgan fingerprint density at radius 2 is 2.11 bits per heavy atom. The lowest BCUT2D eigenvalue weighted by Gasteiger charge is -2.03. The van der Waals surface area contributed by atoms with Gasteiger partial charge in [-0.15, -0.1) is 11.3 Å². The monoisotopic (exact) mass is 454 g/mol. The number of pyridine rings is 1. The molecule has 0 saturated heterocycles. The quantitative estimate of drug-likeness (QED) is 0.491. The average Bonchev–Trinajstić information content (AvgIpc) is 3.37. The summed E-state index contributed by atoms with van der Waals surface area (Å²) in [5, 5.41) is 7.40. The van der Waals surface area contributed by atoms with E-state index in [-0.39, 0.29) is 5.91 Å². The third-order valence-electron chi connectivity index (χ3n) is 4.04. The van der Waals surface area contributed by atoms with Crippen LogP contribution in [0.4, 0.5) is 5.13 Å². The van der Waals surface area contributed by atoms with Crippen molar-refractivity contribution in [3.63, 3.8) is 0 Å². The Balaban J connectivity index is 1.41. The zero-order chi connectivity index (χ0) is 19.5. The van der Waals surface area contributed by atoms with Gasteiger partial charge in [-0.05, 0) is 36.2 Å². The summed E-state index contributed by atoms with van der Waals surface area (Å²) in [6.45, 7) is 2.06. The Bertz CT molecular complexity index is 1110. The molecule has 3 aromatic heterocycles. The van der Waals surface area contributed by atoms with E-state index in [1.807, 2.05) is 6.07 Å². The Labute approximate surface area is 173 Å². The number of rotatable bonds is 5. The van der Waals surface area contributed by atoms with Gasteiger partial charge in [0.05, 0.1) is 5.56 Å². The summed E-state index contributed by atoms with van der Waals surface area (Å²) in [5.74, 6) is 0.341. The van der Waals surface area contributed by atoms with E-state index in [1.54, 1.807) is 24.7 Å². The van der Waals surface area contributed by atoms with E-state index in [0.29, 0.717) is 16.5 Å². The van der Waals surface area contributed by atoms with Crippen LogP contribution in [0, 0.1) is 6.92 Å². The van der Waals surface area contributed by atoms with Crippen LogP contribution in [0.25, 0.3) is 5.82 Å². The van der Waals surface area contributed by atoms with E-state index in [4.69, 9.17) is 0 Å². The lowest BCUT2D eigenvalue weighted by atomic mass is 10.1. The van der Waals surface area contributed by atoms with E-state index in [1.165, 1.54) is 39.7 Å². The fraction of sp³-hybridized carbons (Fsp3) is 0.105. The molecule has 1 amide bonds. The summed E-state index contributed by atoms with van der Waals surface area (Å²) < 4.78 is 2.62. The third kappa shape index (κ3) is 4.15. The number of nitrogens with one attached hydrogen (secondary N) is 1. The van der Waals surface area contributed by atoms with Crippen LogP contribution in [-0.4, -0.2) is 30.6 Å². The number of amides is 1. The molecule has 0 radical (unpaired) electrons. The van der Waals surface area contributed by atoms with Crippen LogP contribution in [-0.2, 0) is 6.42 Å². The van der Waals surface area contributed by atoms with Crippen LogP contribution in [0.5, 0.6) is 0 Å². The summed E-state index contributed by atoms with van der Waals surface area (Å²) >= 11 is 4.98. The van der Waals surface area contributed by atoms with Gasteiger partial charge in [0.15, 0.2) is 10.9 Å². The standard InChI is InChI=1S/C19H15BrN6OS/c1-12-6-13(2-4-16(12)20)7-15-9-23-19(28-15)25-18(27)14-3-5-17(22-8-14)26-11-21-10-24-26/h2-6,8-11H,7H2,1H3,(H,23,25,27). The molecule has 0 saturated carbocycles. The molecular formula is C19H15BrN6OS. The second-order valence-corrected chi connectivity index (χ2v) is 8.06. The van der Waals surface area contributed by atoms with E-state index in [9.17, 15) is 4.79 Å². The molecule has 4 aromatic rings. The lowest BCUT2D eigenvalue weighted by Crippen LogP contribution is -2.12. The van der Waals surface area contributed by atoms with Gasteiger partial charge in [-0.1, -0.05) is 28.1 Å². The first-order valence-corrected chi connectivity index (χ1v) is 10.0. The summed E-state index contributed by atoms with van der Waals surface area (Å²) in [6, 6.07) is 9.68. The highest BCUT2D eigenvalue weighted by atomic mass is 79.9. The van der Waals surface area contributed by atoms with Gasteiger partial charge in [-0.3, -0.25) is 10.1 Å². The number of carbonyl (C=O) groups is 1. The van der Waals surface area contributed by atoms with Crippen molar-refractivity contribution in [1.29, 1.82) is 0 Å². The maximum absolute atomic E-state index is 12.4. The van der Waals surface area contributed by atoms with Crippen molar-refractivity contribution in [2.45, 2.75) is 13.3 Å². The smallest absolute Gasteiger partial charge is 0.259 e. The molecular weight excluding hydrogens is 440 g/mol. The van der Waals surface area contributed by atoms with Crippen LogP contribution in [0.3, 0.4) is 0 Å². The second-order valence-electron chi connectivity index (χ2n) is 6.09. The molecule has 0 aliphatic carbocycles. The van der Waals surface area contributed by atoms with Crippen molar-refractivity contribution in [3.05, 3.63) is 81.4 Å². The number of hydrogen-bond acceptors (Lipinski definition) is 6. The highest BCUT2D eigenvalue weighted by Crippen LogP contribution is 2.24. The van der Waals surface area contributed by atoms with Gasteiger partial charge in [-0.2, -0.15) is 5.10 Å². The number of carbonyl (C=O) groups excluding carboxylic acids is 1. The van der Waals surface area contributed by atoms with Crippen LogP contribution in [0.1, 0.15) is 26.4 Å². The minimum Gasteiger partial charge on any atom is -0.298 e. The van der Waals surface area contributed by atoms with Crippen molar-refractivity contribution in [3.8, 4) is 5.82 Å². The molecule has 1 N–H and O–H groups in total. The SMILES string of the molecule is Cc1cc(Cc2cnc(NC(=O)c3ccc(-n4cncn4)nc3)s2)ccc1Br. The number of anilines is 1. The first-order valence-electron chi connectivity index (χ1n) is 8.40. The number of nitrogens with zero attached hydrogens (tertiary/aromatic N) is 5. The first kappa shape index (κ1) is 18.5. The van der Waals surface area contributed by atoms with E-state index in [2.05, 4.69) is 60.4 Å². The summed E-state index contributed by atoms with van der Waals surface area (Å²) in [4.78, 5) is 25.9. The molecule has 0 aliphatic rings. The molecule has 9 heteroatoms. The van der Waals surface area contributed by atoms with Crippen molar-refractivity contribution >= 4 is 38.3 Å². The van der Waals surface area contributed by atoms with Gasteiger partial charge >= 0.3 is 0 Å². The van der Waals surface area contributed by atoms with E-state index >= 15 is 0 Å². The maximum Gasteiger partial charge on any atom is 0.259 e. The molecule has 4 rings (SSSR count). The Morgan fingerprint density at radius 3 is 2.82 bits per heavy atom. The van der Waals surface area contributed by atoms with Crippen molar-refractivity contribution in [1.82, 2.24) is 24.7 Å². The van der Waals surface area contributed by atoms with Gasteiger partial charge in [0.25, 0.3) is 5.91 Å². The van der Waals surface area contributed by atoms with Crippen molar-refractivity contribution in [2.24, 2.45) is 0 Å². The molecule has 140 valence electrons. The van der Waals surface area contributed by atoms with Gasteiger partial charge < -0.3 is 0 Å². The van der Waals surface area contributed by atoms with E-state index in [0.717, 1.165) is 15.8 Å². The molecule has 3 heterocycles. The van der Waals surface area contributed by atoms with Crippen molar-refractivity contribution in [2.75, 3.05) is 5.32 Å². The second kappa shape index (κ2) is 7.99. The average molecular weight is 455 g/mol. The zero-order valence-electron chi connectivity index (χ0n) is 14.8. The first-order chi connectivity index (χ1) is 13.6. The van der Waals surface area contributed by atoms with Gasteiger partial charge in [0.1, 0.15) is 12.7 Å². The minimum absolute atomic E-state index is 0.252. The lowest BCUT2D eigenvalue weighted by molar-refractivity contribution is 0.102. The number of hydrogen-bond donors (Lipinski definition) is 1. The van der Waals surface area contributed by atoms with Crippen LogP contribution < -0.4 is 5.32 Å². The normalized spacial score (nSPS) is 10.8. The molecule has 0 fully saturated rings. The minimum atomic E-state index is -0.252. The predicted molar refractivity (Wildman–Crippen MR) is 111 cm³/mol. The Kier molecular flexibility index (Phi) is 5.27.